The summed E-state index contributed by atoms with van der Waals surface area (Å²) >= 11 is 0. The summed E-state index contributed by atoms with van der Waals surface area (Å²) in [6.07, 6.45) is 4.74. The Balaban J connectivity index is 1.52. The van der Waals surface area contributed by atoms with Crippen molar-refractivity contribution in [2.45, 2.75) is 38.6 Å². The fraction of sp³-hybridized carbons (Fsp3) is 0.550. The van der Waals surface area contributed by atoms with Crippen LogP contribution in [0.15, 0.2) is 18.5 Å². The smallest absolute Gasteiger partial charge is 0.255 e. The average molecular weight is 398 g/mol. The number of nitrogens with zero attached hydrogens (tertiary/aromatic N) is 4. The van der Waals surface area contributed by atoms with Crippen LogP contribution in [-0.4, -0.2) is 69.2 Å². The maximum atomic E-state index is 13.0. The van der Waals surface area contributed by atoms with E-state index in [9.17, 15) is 9.59 Å². The standard InChI is InChI=1S/C20H26N6O3/c1-12-7-15(9-21-8-12)20(28)26-10-16(18-22-13(2)24-25-18)17(11-26)23-19(27)14-3-5-29-6-4-14/h7-9,14,16-17H,3-6,10-11H2,1-2H3,(H,23,27)(H,22,24,25)/t16-,17-/m1/s1. The lowest BCUT2D eigenvalue weighted by molar-refractivity contribution is -0.128. The molecule has 0 spiro atoms. The van der Waals surface area contributed by atoms with Gasteiger partial charge in [-0.05, 0) is 38.3 Å². The minimum Gasteiger partial charge on any atom is -0.381 e. The highest BCUT2D eigenvalue weighted by molar-refractivity contribution is 5.94. The first-order valence-electron chi connectivity index (χ1n) is 9.99. The van der Waals surface area contributed by atoms with Crippen LogP contribution in [0.2, 0.25) is 0 Å². The van der Waals surface area contributed by atoms with E-state index < -0.39 is 0 Å². The van der Waals surface area contributed by atoms with E-state index in [0.717, 1.165) is 18.4 Å². The summed E-state index contributed by atoms with van der Waals surface area (Å²) in [5.74, 6) is 1.04. The number of H-pyrrole nitrogens is 1. The van der Waals surface area contributed by atoms with Gasteiger partial charge in [-0.15, -0.1) is 0 Å². The van der Waals surface area contributed by atoms with Crippen molar-refractivity contribution in [3.63, 3.8) is 0 Å². The van der Waals surface area contributed by atoms with Crippen LogP contribution in [0.1, 0.15) is 46.3 Å². The maximum Gasteiger partial charge on any atom is 0.255 e. The molecule has 4 rings (SSSR count). The fourth-order valence-electron chi connectivity index (χ4n) is 4.02. The van der Waals surface area contributed by atoms with Crippen LogP contribution in [0.4, 0.5) is 0 Å². The third-order valence-electron chi connectivity index (χ3n) is 5.59. The zero-order valence-electron chi connectivity index (χ0n) is 16.7. The van der Waals surface area contributed by atoms with Gasteiger partial charge in [-0.2, -0.15) is 5.10 Å². The molecule has 2 aromatic rings. The second-order valence-electron chi connectivity index (χ2n) is 7.85. The van der Waals surface area contributed by atoms with Gasteiger partial charge in [0.2, 0.25) is 5.91 Å². The lowest BCUT2D eigenvalue weighted by Crippen LogP contribution is -2.44. The zero-order valence-corrected chi connectivity index (χ0v) is 16.7. The Hall–Kier alpha value is -2.81. The first-order chi connectivity index (χ1) is 14.0. The average Bonchev–Trinajstić information content (AvgIpc) is 3.34. The number of carbonyl (C=O) groups excluding carboxylic acids is 2. The Morgan fingerprint density at radius 3 is 2.69 bits per heavy atom. The fourth-order valence-corrected chi connectivity index (χ4v) is 4.02. The van der Waals surface area contributed by atoms with E-state index in [-0.39, 0.29) is 29.7 Å². The molecular formula is C20H26N6O3. The Kier molecular flexibility index (Phi) is 5.57. The molecule has 0 radical (unpaired) electrons. The molecule has 2 aliphatic rings. The Morgan fingerprint density at radius 2 is 2.00 bits per heavy atom. The number of hydrogen-bond acceptors (Lipinski definition) is 6. The predicted molar refractivity (Wildman–Crippen MR) is 104 cm³/mol. The van der Waals surface area contributed by atoms with E-state index in [1.54, 1.807) is 17.3 Å². The van der Waals surface area contributed by atoms with Gasteiger partial charge in [0.25, 0.3) is 5.91 Å². The van der Waals surface area contributed by atoms with Gasteiger partial charge in [-0.25, -0.2) is 4.98 Å². The molecule has 0 unspecified atom stereocenters. The second kappa shape index (κ2) is 8.28. The number of ether oxygens (including phenoxy) is 1. The highest BCUT2D eigenvalue weighted by atomic mass is 16.5. The molecule has 0 saturated carbocycles. The molecule has 9 heteroatoms. The predicted octanol–water partition coefficient (Wildman–Crippen LogP) is 0.968. The van der Waals surface area contributed by atoms with E-state index in [1.165, 1.54) is 0 Å². The van der Waals surface area contributed by atoms with Crippen molar-refractivity contribution >= 4 is 11.8 Å². The third-order valence-corrected chi connectivity index (χ3v) is 5.59. The Bertz CT molecular complexity index is 892. The molecule has 2 N–H and O–H groups in total. The largest absolute Gasteiger partial charge is 0.381 e. The Morgan fingerprint density at radius 1 is 1.21 bits per heavy atom. The molecule has 0 aromatic carbocycles. The molecule has 0 aliphatic carbocycles. The number of pyridine rings is 1. The van der Waals surface area contributed by atoms with E-state index in [4.69, 9.17) is 4.74 Å². The van der Waals surface area contributed by atoms with Gasteiger partial charge in [0.05, 0.1) is 17.5 Å². The van der Waals surface area contributed by atoms with E-state index in [2.05, 4.69) is 25.5 Å². The molecule has 0 bridgehead atoms. The molecule has 2 aromatic heterocycles. The van der Waals surface area contributed by atoms with Crippen LogP contribution in [0, 0.1) is 19.8 Å². The number of hydrogen-bond donors (Lipinski definition) is 2. The highest BCUT2D eigenvalue weighted by Gasteiger charge is 2.40. The Labute approximate surface area is 169 Å². The number of likely N-dealkylation sites (tertiary alicyclic amines) is 1. The molecule has 2 fully saturated rings. The number of aryl methyl sites for hydroxylation is 2. The van der Waals surface area contributed by atoms with Crippen LogP contribution in [0.5, 0.6) is 0 Å². The summed E-state index contributed by atoms with van der Waals surface area (Å²) in [6, 6.07) is 1.59. The second-order valence-corrected chi connectivity index (χ2v) is 7.85. The summed E-state index contributed by atoms with van der Waals surface area (Å²) in [6.45, 7) is 5.82. The molecule has 9 nitrogen and oxygen atoms in total. The van der Waals surface area contributed by atoms with Crippen molar-refractivity contribution in [2.24, 2.45) is 5.92 Å². The number of rotatable bonds is 4. The van der Waals surface area contributed by atoms with E-state index in [1.807, 2.05) is 19.9 Å². The molecule has 4 heterocycles. The first-order valence-corrected chi connectivity index (χ1v) is 9.99. The van der Waals surface area contributed by atoms with Gasteiger partial charge in [-0.3, -0.25) is 19.7 Å². The topological polar surface area (TPSA) is 113 Å². The summed E-state index contributed by atoms with van der Waals surface area (Å²) in [5.41, 5.74) is 1.48. The van der Waals surface area contributed by atoms with Gasteiger partial charge < -0.3 is 15.0 Å². The maximum absolute atomic E-state index is 13.0. The molecular weight excluding hydrogens is 372 g/mol. The highest BCUT2D eigenvalue weighted by Crippen LogP contribution is 2.28. The summed E-state index contributed by atoms with van der Waals surface area (Å²) < 4.78 is 5.36. The number of aromatic amines is 1. The van der Waals surface area contributed by atoms with Crippen LogP contribution in [-0.2, 0) is 9.53 Å². The van der Waals surface area contributed by atoms with Gasteiger partial charge in [-0.1, -0.05) is 0 Å². The number of aromatic nitrogens is 4. The number of carbonyl (C=O) groups is 2. The van der Waals surface area contributed by atoms with Crippen molar-refractivity contribution in [3.05, 3.63) is 41.2 Å². The van der Waals surface area contributed by atoms with Gasteiger partial charge in [0.15, 0.2) is 5.82 Å². The van der Waals surface area contributed by atoms with Crippen LogP contribution >= 0.6 is 0 Å². The monoisotopic (exact) mass is 398 g/mol. The molecule has 2 aliphatic heterocycles. The lowest BCUT2D eigenvalue weighted by atomic mass is 9.97. The normalized spacial score (nSPS) is 22.6. The summed E-state index contributed by atoms with van der Waals surface area (Å²) in [7, 11) is 0. The van der Waals surface area contributed by atoms with Gasteiger partial charge >= 0.3 is 0 Å². The third kappa shape index (κ3) is 4.29. The summed E-state index contributed by atoms with van der Waals surface area (Å²) in [5, 5.41) is 10.3. The molecule has 154 valence electrons. The lowest BCUT2D eigenvalue weighted by Gasteiger charge is -2.24. The quantitative estimate of drug-likeness (QED) is 0.793. The SMILES string of the molecule is Cc1cncc(C(=O)N2C[C@@H](NC(=O)C3CCOCC3)[C@H](c3n[nH]c(C)n3)C2)c1. The minimum atomic E-state index is -0.234. The first kappa shape index (κ1) is 19.5. The van der Waals surface area contributed by atoms with Crippen molar-refractivity contribution in [1.29, 1.82) is 0 Å². The van der Waals surface area contributed by atoms with Crippen molar-refractivity contribution in [2.75, 3.05) is 26.3 Å². The number of amides is 2. The van der Waals surface area contributed by atoms with E-state index in [0.29, 0.717) is 43.5 Å². The van der Waals surface area contributed by atoms with Gasteiger partial charge in [0.1, 0.15) is 5.82 Å². The molecule has 2 amide bonds. The number of nitrogens with one attached hydrogen (secondary N) is 2. The minimum absolute atomic E-state index is 0.0158. The van der Waals surface area contributed by atoms with Crippen molar-refractivity contribution in [3.8, 4) is 0 Å². The molecule has 29 heavy (non-hydrogen) atoms. The van der Waals surface area contributed by atoms with Gasteiger partial charge in [0, 0.05) is 44.6 Å². The van der Waals surface area contributed by atoms with Crippen LogP contribution < -0.4 is 5.32 Å². The van der Waals surface area contributed by atoms with Crippen LogP contribution in [0.25, 0.3) is 0 Å². The van der Waals surface area contributed by atoms with Crippen molar-refractivity contribution in [1.82, 2.24) is 30.4 Å². The molecule has 2 saturated heterocycles. The molecule has 2 atom stereocenters. The summed E-state index contributed by atoms with van der Waals surface area (Å²) in [4.78, 5) is 36.2. The zero-order chi connectivity index (χ0) is 20.4. The van der Waals surface area contributed by atoms with Crippen LogP contribution in [0.3, 0.4) is 0 Å². The van der Waals surface area contributed by atoms with E-state index >= 15 is 0 Å². The van der Waals surface area contributed by atoms with Crippen molar-refractivity contribution < 1.29 is 14.3 Å².